The molecule has 0 aliphatic heterocycles. The van der Waals surface area contributed by atoms with Gasteiger partial charge in [0.2, 0.25) is 0 Å². The number of nitrogens with two attached hydrogens (primary N) is 1. The van der Waals surface area contributed by atoms with E-state index in [-0.39, 0.29) is 5.54 Å². The third-order valence-electron chi connectivity index (χ3n) is 4.39. The molecule has 0 heterocycles. The molecule has 0 fully saturated rings. The van der Waals surface area contributed by atoms with Gasteiger partial charge in [0.1, 0.15) is 0 Å². The molecule has 3 aromatic rings. The van der Waals surface area contributed by atoms with E-state index in [9.17, 15) is 0 Å². The van der Waals surface area contributed by atoms with Crippen molar-refractivity contribution < 1.29 is 0 Å². The van der Waals surface area contributed by atoms with Crippen LogP contribution in [-0.2, 0) is 12.0 Å². The van der Waals surface area contributed by atoms with Gasteiger partial charge in [0, 0.05) is 0 Å². The van der Waals surface area contributed by atoms with Crippen molar-refractivity contribution in [3.63, 3.8) is 0 Å². The Bertz CT molecular complexity index is 650. The summed E-state index contributed by atoms with van der Waals surface area (Å²) in [6.45, 7) is 4.29. The van der Waals surface area contributed by atoms with Gasteiger partial charge >= 0.3 is 0 Å². The largest absolute Gasteiger partial charge is 0.318 e. The minimum Gasteiger partial charge on any atom is -0.318 e. The average molecular weight is 317 g/mol. The smallest absolute Gasteiger partial charge is 0.0662 e. The first kappa shape index (κ1) is 18.0. The van der Waals surface area contributed by atoms with E-state index >= 15 is 0 Å². The van der Waals surface area contributed by atoms with Crippen molar-refractivity contribution in [1.29, 1.82) is 0 Å². The lowest BCUT2D eigenvalue weighted by Gasteiger charge is -2.29. The highest BCUT2D eigenvalue weighted by atomic mass is 14.7. The van der Waals surface area contributed by atoms with Gasteiger partial charge in [0.15, 0.2) is 0 Å². The zero-order valence-electron chi connectivity index (χ0n) is 14.7. The molecule has 24 heavy (non-hydrogen) atoms. The van der Waals surface area contributed by atoms with Gasteiger partial charge in [-0.1, -0.05) is 105 Å². The van der Waals surface area contributed by atoms with E-state index in [0.29, 0.717) is 0 Å². The Balaban J connectivity index is 0.000000219. The van der Waals surface area contributed by atoms with Crippen LogP contribution in [-0.4, -0.2) is 0 Å². The fraction of sp³-hybridized carbons (Fsp3) is 0.217. The molecule has 0 amide bonds. The van der Waals surface area contributed by atoms with E-state index in [1.54, 1.807) is 0 Å². The summed E-state index contributed by atoms with van der Waals surface area (Å²) in [5.41, 5.74) is 9.92. The Morgan fingerprint density at radius 3 is 1.29 bits per heavy atom. The van der Waals surface area contributed by atoms with Crippen LogP contribution in [0.25, 0.3) is 0 Å². The predicted octanol–water partition coefficient (Wildman–Crippen LogP) is 5.55. The zero-order chi connectivity index (χ0) is 17.3. The maximum absolute atomic E-state index is 6.54. The Hall–Kier alpha value is -2.38. The molecular weight excluding hydrogens is 290 g/mol. The number of hydrogen-bond donors (Lipinski definition) is 1. The molecule has 0 aliphatic rings. The van der Waals surface area contributed by atoms with Crippen molar-refractivity contribution in [3.8, 4) is 0 Å². The minimum absolute atomic E-state index is 0.372. The van der Waals surface area contributed by atoms with Crippen LogP contribution in [0, 0.1) is 0 Å². The van der Waals surface area contributed by atoms with E-state index < -0.39 is 0 Å². The van der Waals surface area contributed by atoms with Crippen LogP contribution in [0.2, 0.25) is 0 Å². The molecule has 0 unspecified atom stereocenters. The van der Waals surface area contributed by atoms with Gasteiger partial charge in [-0.15, -0.1) is 0 Å². The van der Waals surface area contributed by atoms with E-state index in [4.69, 9.17) is 5.73 Å². The van der Waals surface area contributed by atoms with Gasteiger partial charge in [-0.25, -0.2) is 0 Å². The summed E-state index contributed by atoms with van der Waals surface area (Å²) in [7, 11) is 0. The fourth-order valence-corrected chi connectivity index (χ4v) is 2.76. The highest BCUT2D eigenvalue weighted by Gasteiger charge is 2.26. The summed E-state index contributed by atoms with van der Waals surface area (Å²) in [5.74, 6) is 0. The Morgan fingerprint density at radius 2 is 1.00 bits per heavy atom. The summed E-state index contributed by atoms with van der Waals surface area (Å²) in [6, 6.07) is 31.0. The monoisotopic (exact) mass is 317 g/mol. The molecule has 1 heteroatoms. The van der Waals surface area contributed by atoms with Crippen LogP contribution in [0.3, 0.4) is 0 Å². The molecule has 1 nitrogen and oxygen atoms in total. The lowest BCUT2D eigenvalue weighted by Crippen LogP contribution is -2.37. The fourth-order valence-electron chi connectivity index (χ4n) is 2.76. The summed E-state index contributed by atoms with van der Waals surface area (Å²) in [5, 5.41) is 0. The van der Waals surface area contributed by atoms with Crippen molar-refractivity contribution in [2.24, 2.45) is 5.73 Å². The molecule has 0 atom stereocenters. The van der Waals surface area contributed by atoms with Gasteiger partial charge in [-0.05, 0) is 29.5 Å². The van der Waals surface area contributed by atoms with Gasteiger partial charge in [0.25, 0.3) is 0 Å². The Kier molecular flexibility index (Phi) is 6.77. The van der Waals surface area contributed by atoms with Crippen LogP contribution >= 0.6 is 0 Å². The first-order chi connectivity index (χ1) is 11.7. The van der Waals surface area contributed by atoms with Crippen molar-refractivity contribution in [2.75, 3.05) is 0 Å². The third-order valence-corrected chi connectivity index (χ3v) is 4.39. The molecule has 0 radical (unpaired) electrons. The van der Waals surface area contributed by atoms with Crippen molar-refractivity contribution in [1.82, 2.24) is 0 Å². The van der Waals surface area contributed by atoms with Crippen molar-refractivity contribution >= 4 is 0 Å². The minimum atomic E-state index is -0.372. The summed E-state index contributed by atoms with van der Waals surface area (Å²) in [6.07, 6.45) is 2.03. The molecule has 3 rings (SSSR count). The van der Waals surface area contributed by atoms with Crippen LogP contribution in [0.5, 0.6) is 0 Å². The maximum atomic E-state index is 6.54. The molecule has 0 spiro atoms. The first-order valence-corrected chi connectivity index (χ1v) is 8.64. The molecule has 0 aromatic heterocycles. The van der Waals surface area contributed by atoms with Crippen molar-refractivity contribution in [3.05, 3.63) is 108 Å². The van der Waals surface area contributed by atoms with Crippen LogP contribution in [0.4, 0.5) is 0 Å². The second-order valence-electron chi connectivity index (χ2n) is 5.90. The second-order valence-corrected chi connectivity index (χ2v) is 5.90. The van der Waals surface area contributed by atoms with Crippen molar-refractivity contribution in [2.45, 2.75) is 32.2 Å². The molecule has 0 saturated carbocycles. The molecular formula is C23H27N. The van der Waals surface area contributed by atoms with E-state index in [1.807, 2.05) is 42.5 Å². The maximum Gasteiger partial charge on any atom is 0.0662 e. The molecule has 0 bridgehead atoms. The standard InChI is InChI=1S/C15H17N.C8H10/c1-2-15(16,13-9-5-3-6-10-13)14-11-7-4-8-12-14;1-2-8-6-4-3-5-7-8/h3-12H,2,16H2,1H3;3-7H,2H2,1H3. The summed E-state index contributed by atoms with van der Waals surface area (Å²) < 4.78 is 0. The van der Waals surface area contributed by atoms with Crippen LogP contribution < -0.4 is 5.73 Å². The van der Waals surface area contributed by atoms with Gasteiger partial charge in [-0.3, -0.25) is 0 Å². The normalized spacial score (nSPS) is 10.6. The second kappa shape index (κ2) is 9.05. The Morgan fingerprint density at radius 1 is 0.625 bits per heavy atom. The van der Waals surface area contributed by atoms with Crippen LogP contribution in [0.1, 0.15) is 37.0 Å². The SMILES string of the molecule is CCC(N)(c1ccccc1)c1ccccc1.CCc1ccccc1. The third kappa shape index (κ3) is 4.56. The first-order valence-electron chi connectivity index (χ1n) is 8.64. The van der Waals surface area contributed by atoms with E-state index in [1.165, 1.54) is 16.7 Å². The molecule has 3 aromatic carbocycles. The number of benzene rings is 3. The van der Waals surface area contributed by atoms with Crippen LogP contribution in [0.15, 0.2) is 91.0 Å². The molecule has 124 valence electrons. The predicted molar refractivity (Wildman–Crippen MR) is 104 cm³/mol. The molecule has 0 saturated heterocycles. The van der Waals surface area contributed by atoms with E-state index in [2.05, 4.69) is 62.4 Å². The highest BCUT2D eigenvalue weighted by Crippen LogP contribution is 2.29. The molecule has 2 N–H and O–H groups in total. The number of rotatable bonds is 4. The molecule has 0 aliphatic carbocycles. The number of aryl methyl sites for hydroxylation is 1. The van der Waals surface area contributed by atoms with Gasteiger partial charge in [-0.2, -0.15) is 0 Å². The van der Waals surface area contributed by atoms with Gasteiger partial charge in [0.05, 0.1) is 5.54 Å². The van der Waals surface area contributed by atoms with E-state index in [0.717, 1.165) is 12.8 Å². The lowest BCUT2D eigenvalue weighted by atomic mass is 9.82. The topological polar surface area (TPSA) is 26.0 Å². The zero-order valence-corrected chi connectivity index (χ0v) is 14.7. The summed E-state index contributed by atoms with van der Waals surface area (Å²) in [4.78, 5) is 0. The lowest BCUT2D eigenvalue weighted by molar-refractivity contribution is 0.519. The van der Waals surface area contributed by atoms with Gasteiger partial charge < -0.3 is 5.73 Å². The summed E-state index contributed by atoms with van der Waals surface area (Å²) >= 11 is 0. The Labute approximate surface area is 146 Å². The average Bonchev–Trinajstić information content (AvgIpc) is 2.70. The highest BCUT2D eigenvalue weighted by molar-refractivity contribution is 5.37. The number of hydrogen-bond acceptors (Lipinski definition) is 1. The quantitative estimate of drug-likeness (QED) is 0.671.